The summed E-state index contributed by atoms with van der Waals surface area (Å²) in [6.45, 7) is 2.36. The van der Waals surface area contributed by atoms with Gasteiger partial charge in [-0.1, -0.05) is 38.0 Å². The number of aliphatic carboxylic acids is 1. The average molecular weight is 356 g/mol. The summed E-state index contributed by atoms with van der Waals surface area (Å²) in [6.07, 6.45) is 3.94. The fourth-order valence-corrected chi connectivity index (χ4v) is 2.44. The van der Waals surface area contributed by atoms with Crippen molar-refractivity contribution in [2.75, 3.05) is 0 Å². The van der Waals surface area contributed by atoms with Crippen molar-refractivity contribution in [3.63, 3.8) is 0 Å². The minimum Gasteiger partial charge on any atom is -0.487 e. The highest BCUT2D eigenvalue weighted by Crippen LogP contribution is 2.14. The maximum absolute atomic E-state index is 12.1. The summed E-state index contributed by atoms with van der Waals surface area (Å²) < 4.78 is 5.65. The molecule has 0 fully saturated rings. The zero-order valence-corrected chi connectivity index (χ0v) is 14.9. The molecule has 1 amide bonds. The standard InChI is InChI=1S/C20H24N2O4/c1-2-3-7-18(20(24)25)22-19(23)13-15-8-10-17(11-9-15)26-14-16-6-4-5-12-21-16/h4-6,8-12,18H,2-3,7,13-14H2,1H3,(H,22,23)(H,24,25)/t18-/m0/s1. The maximum Gasteiger partial charge on any atom is 0.326 e. The second-order valence-electron chi connectivity index (χ2n) is 6.03. The van der Waals surface area contributed by atoms with Crippen molar-refractivity contribution < 1.29 is 19.4 Å². The molecular weight excluding hydrogens is 332 g/mol. The van der Waals surface area contributed by atoms with Crippen molar-refractivity contribution in [3.8, 4) is 5.75 Å². The minimum atomic E-state index is -0.995. The number of hydrogen-bond donors (Lipinski definition) is 2. The molecule has 1 aromatic heterocycles. The quantitative estimate of drug-likeness (QED) is 0.683. The van der Waals surface area contributed by atoms with Crippen molar-refractivity contribution in [2.24, 2.45) is 0 Å². The summed E-state index contributed by atoms with van der Waals surface area (Å²) >= 11 is 0. The highest BCUT2D eigenvalue weighted by molar-refractivity contribution is 5.84. The Hall–Kier alpha value is -2.89. The van der Waals surface area contributed by atoms with Crippen LogP contribution in [0.15, 0.2) is 48.7 Å². The van der Waals surface area contributed by atoms with Gasteiger partial charge in [0, 0.05) is 6.20 Å². The monoisotopic (exact) mass is 356 g/mol. The second kappa shape index (κ2) is 10.2. The molecule has 1 atom stereocenters. The summed E-state index contributed by atoms with van der Waals surface area (Å²) in [4.78, 5) is 27.5. The van der Waals surface area contributed by atoms with E-state index in [-0.39, 0.29) is 12.3 Å². The van der Waals surface area contributed by atoms with Gasteiger partial charge in [0.2, 0.25) is 5.91 Å². The Morgan fingerprint density at radius 2 is 1.96 bits per heavy atom. The van der Waals surface area contributed by atoms with Gasteiger partial charge in [-0.2, -0.15) is 0 Å². The van der Waals surface area contributed by atoms with Gasteiger partial charge in [0.15, 0.2) is 0 Å². The van der Waals surface area contributed by atoms with Gasteiger partial charge < -0.3 is 15.2 Å². The molecule has 0 aliphatic heterocycles. The second-order valence-corrected chi connectivity index (χ2v) is 6.03. The number of benzene rings is 1. The Labute approximate surface area is 153 Å². The number of carboxylic acid groups (broad SMARTS) is 1. The van der Waals surface area contributed by atoms with Crippen LogP contribution in [0.25, 0.3) is 0 Å². The van der Waals surface area contributed by atoms with E-state index in [4.69, 9.17) is 9.84 Å². The van der Waals surface area contributed by atoms with Crippen LogP contribution < -0.4 is 10.1 Å². The first-order chi connectivity index (χ1) is 12.6. The molecule has 0 aliphatic carbocycles. The van der Waals surface area contributed by atoms with E-state index in [0.717, 1.165) is 24.1 Å². The summed E-state index contributed by atoms with van der Waals surface area (Å²) in [5.41, 5.74) is 1.63. The minimum absolute atomic E-state index is 0.135. The van der Waals surface area contributed by atoms with Gasteiger partial charge in [-0.3, -0.25) is 9.78 Å². The van der Waals surface area contributed by atoms with Gasteiger partial charge in [0.1, 0.15) is 18.4 Å². The fourth-order valence-electron chi connectivity index (χ4n) is 2.44. The summed E-state index contributed by atoms with van der Waals surface area (Å²) in [5, 5.41) is 11.8. The van der Waals surface area contributed by atoms with Crippen LogP contribution in [0.2, 0.25) is 0 Å². The number of nitrogens with zero attached hydrogens (tertiary/aromatic N) is 1. The Morgan fingerprint density at radius 3 is 2.58 bits per heavy atom. The molecule has 0 spiro atoms. The van der Waals surface area contributed by atoms with Crippen molar-refractivity contribution in [1.29, 1.82) is 0 Å². The van der Waals surface area contributed by atoms with Gasteiger partial charge in [-0.05, 0) is 36.2 Å². The lowest BCUT2D eigenvalue weighted by atomic mass is 10.1. The van der Waals surface area contributed by atoms with E-state index in [2.05, 4.69) is 10.3 Å². The molecule has 0 radical (unpaired) electrons. The number of nitrogens with one attached hydrogen (secondary N) is 1. The predicted octanol–water partition coefficient (Wildman–Crippen LogP) is 2.96. The number of pyridine rings is 1. The Morgan fingerprint density at radius 1 is 1.19 bits per heavy atom. The number of carbonyl (C=O) groups excluding carboxylic acids is 1. The van der Waals surface area contributed by atoms with Gasteiger partial charge in [-0.15, -0.1) is 0 Å². The molecule has 2 N–H and O–H groups in total. The SMILES string of the molecule is CCCC[C@H](NC(=O)Cc1ccc(OCc2ccccn2)cc1)C(=O)O. The van der Waals surface area contributed by atoms with Crippen LogP contribution in [0.3, 0.4) is 0 Å². The van der Waals surface area contributed by atoms with Crippen molar-refractivity contribution in [3.05, 3.63) is 59.9 Å². The molecule has 138 valence electrons. The van der Waals surface area contributed by atoms with Crippen LogP contribution in [0.5, 0.6) is 5.75 Å². The van der Waals surface area contributed by atoms with E-state index in [1.54, 1.807) is 30.5 Å². The molecule has 26 heavy (non-hydrogen) atoms. The third-order valence-corrected chi connectivity index (χ3v) is 3.88. The molecule has 0 bridgehead atoms. The molecule has 2 rings (SSSR count). The first-order valence-corrected chi connectivity index (χ1v) is 8.72. The van der Waals surface area contributed by atoms with Gasteiger partial charge in [0.05, 0.1) is 12.1 Å². The molecule has 0 unspecified atom stereocenters. The molecule has 6 nitrogen and oxygen atoms in total. The highest BCUT2D eigenvalue weighted by Gasteiger charge is 2.19. The number of aromatic nitrogens is 1. The van der Waals surface area contributed by atoms with E-state index >= 15 is 0 Å². The van der Waals surface area contributed by atoms with E-state index in [9.17, 15) is 9.59 Å². The largest absolute Gasteiger partial charge is 0.487 e. The van der Waals surface area contributed by atoms with Crippen LogP contribution >= 0.6 is 0 Å². The zero-order valence-electron chi connectivity index (χ0n) is 14.9. The fraction of sp³-hybridized carbons (Fsp3) is 0.350. The van der Waals surface area contributed by atoms with E-state index < -0.39 is 12.0 Å². The third kappa shape index (κ3) is 6.55. The van der Waals surface area contributed by atoms with Crippen molar-refractivity contribution in [1.82, 2.24) is 10.3 Å². The third-order valence-electron chi connectivity index (χ3n) is 3.88. The number of rotatable bonds is 10. The van der Waals surface area contributed by atoms with Crippen LogP contribution in [-0.2, 0) is 22.6 Å². The summed E-state index contributed by atoms with van der Waals surface area (Å²) in [5.74, 6) is -0.605. The number of carbonyl (C=O) groups is 2. The lowest BCUT2D eigenvalue weighted by Crippen LogP contribution is -2.41. The lowest BCUT2D eigenvalue weighted by Gasteiger charge is -2.14. The molecular formula is C20H24N2O4. The molecule has 6 heteroatoms. The molecule has 2 aromatic rings. The first-order valence-electron chi connectivity index (χ1n) is 8.72. The summed E-state index contributed by atoms with van der Waals surface area (Å²) in [7, 11) is 0. The Kier molecular flexibility index (Phi) is 7.61. The van der Waals surface area contributed by atoms with E-state index in [1.165, 1.54) is 0 Å². The molecule has 1 heterocycles. The number of unbranched alkanes of at least 4 members (excludes halogenated alkanes) is 1. The summed E-state index contributed by atoms with van der Waals surface area (Å²) in [6, 6.07) is 12.0. The van der Waals surface area contributed by atoms with Crippen LogP contribution in [0.4, 0.5) is 0 Å². The normalized spacial score (nSPS) is 11.6. The Balaban J connectivity index is 1.83. The number of ether oxygens (including phenoxy) is 1. The van der Waals surface area contributed by atoms with Crippen LogP contribution in [0.1, 0.15) is 37.4 Å². The van der Waals surface area contributed by atoms with Crippen molar-refractivity contribution >= 4 is 11.9 Å². The lowest BCUT2D eigenvalue weighted by molar-refractivity contribution is -0.142. The van der Waals surface area contributed by atoms with Gasteiger partial charge >= 0.3 is 5.97 Å². The molecule has 0 aliphatic rings. The topological polar surface area (TPSA) is 88.5 Å². The maximum atomic E-state index is 12.1. The number of carboxylic acids is 1. The van der Waals surface area contributed by atoms with Crippen LogP contribution in [-0.4, -0.2) is 28.0 Å². The molecule has 0 saturated heterocycles. The number of amides is 1. The Bertz CT molecular complexity index is 702. The smallest absolute Gasteiger partial charge is 0.326 e. The molecule has 0 saturated carbocycles. The highest BCUT2D eigenvalue weighted by atomic mass is 16.5. The first kappa shape index (κ1) is 19.4. The van der Waals surface area contributed by atoms with Gasteiger partial charge in [-0.25, -0.2) is 4.79 Å². The zero-order chi connectivity index (χ0) is 18.8. The number of hydrogen-bond acceptors (Lipinski definition) is 4. The van der Waals surface area contributed by atoms with Crippen LogP contribution in [0, 0.1) is 0 Å². The molecule has 1 aromatic carbocycles. The predicted molar refractivity (Wildman–Crippen MR) is 97.8 cm³/mol. The average Bonchev–Trinajstić information content (AvgIpc) is 2.65. The van der Waals surface area contributed by atoms with Crippen molar-refractivity contribution in [2.45, 2.75) is 45.3 Å². The van der Waals surface area contributed by atoms with E-state index in [1.807, 2.05) is 25.1 Å². The van der Waals surface area contributed by atoms with Gasteiger partial charge in [0.25, 0.3) is 0 Å². The van der Waals surface area contributed by atoms with E-state index in [0.29, 0.717) is 18.8 Å².